The normalized spacial score (nSPS) is 10.2. The molecule has 3 N–H and O–H groups in total. The summed E-state index contributed by atoms with van der Waals surface area (Å²) >= 11 is 0. The molecule has 0 unspecified atom stereocenters. The maximum absolute atomic E-state index is 13.1. The number of benzene rings is 1. The molecule has 104 valence electrons. The van der Waals surface area contributed by atoms with Gasteiger partial charge in [0, 0.05) is 11.8 Å². The molecule has 0 aliphatic heterocycles. The van der Waals surface area contributed by atoms with Crippen molar-refractivity contribution < 1.29 is 18.3 Å². The van der Waals surface area contributed by atoms with Gasteiger partial charge < -0.3 is 15.8 Å². The number of aromatic nitrogens is 1. The number of nitrogen functional groups attached to an aromatic ring is 1. The Balaban J connectivity index is 2.29. The van der Waals surface area contributed by atoms with Gasteiger partial charge in [-0.1, -0.05) is 0 Å². The van der Waals surface area contributed by atoms with E-state index in [0.29, 0.717) is 0 Å². The lowest BCUT2D eigenvalue weighted by Crippen LogP contribution is -2.07. The quantitative estimate of drug-likeness (QED) is 0.844. The fraction of sp³-hybridized carbons (Fsp3) is 0.0769. The number of rotatable bonds is 3. The van der Waals surface area contributed by atoms with Crippen LogP contribution in [0.15, 0.2) is 30.5 Å². The van der Waals surface area contributed by atoms with Crippen LogP contribution >= 0.6 is 0 Å². The Morgan fingerprint density at radius 3 is 2.70 bits per heavy atom. The number of methoxy groups -OCH3 is 1. The molecule has 5 nitrogen and oxygen atoms in total. The predicted molar refractivity (Wildman–Crippen MR) is 69.6 cm³/mol. The molecule has 1 heterocycles. The highest BCUT2D eigenvalue weighted by Crippen LogP contribution is 2.21. The van der Waals surface area contributed by atoms with Gasteiger partial charge in [-0.15, -0.1) is 0 Å². The number of pyridine rings is 1. The van der Waals surface area contributed by atoms with E-state index in [1.54, 1.807) is 0 Å². The average molecular weight is 279 g/mol. The Morgan fingerprint density at radius 2 is 2.05 bits per heavy atom. The van der Waals surface area contributed by atoms with Crippen LogP contribution in [-0.2, 0) is 4.74 Å². The number of halogens is 2. The van der Waals surface area contributed by atoms with Crippen LogP contribution in [-0.4, -0.2) is 18.1 Å². The summed E-state index contributed by atoms with van der Waals surface area (Å²) in [5, 5.41) is 2.74. The number of hydrogen-bond donors (Lipinski definition) is 2. The highest BCUT2D eigenvalue weighted by Gasteiger charge is 2.12. The van der Waals surface area contributed by atoms with Gasteiger partial charge in [0.15, 0.2) is 11.6 Å². The van der Waals surface area contributed by atoms with E-state index in [0.717, 1.165) is 12.1 Å². The summed E-state index contributed by atoms with van der Waals surface area (Å²) in [5.41, 5.74) is 6.18. The number of nitrogens with one attached hydrogen (secondary N) is 1. The third-order valence-electron chi connectivity index (χ3n) is 2.53. The van der Waals surface area contributed by atoms with Crippen molar-refractivity contribution in [1.29, 1.82) is 0 Å². The number of carbonyl (C=O) groups excluding carboxylic acids is 1. The Kier molecular flexibility index (Phi) is 3.79. The summed E-state index contributed by atoms with van der Waals surface area (Å²) in [4.78, 5) is 15.4. The number of anilines is 3. The van der Waals surface area contributed by atoms with Crippen LogP contribution in [0.1, 0.15) is 10.4 Å². The summed E-state index contributed by atoms with van der Waals surface area (Å²) in [6, 6.07) is 4.66. The number of ether oxygens (including phenoxy) is 1. The van der Waals surface area contributed by atoms with E-state index in [4.69, 9.17) is 5.73 Å². The molecule has 0 amide bonds. The Labute approximate surface area is 113 Å². The highest BCUT2D eigenvalue weighted by molar-refractivity contribution is 5.95. The minimum absolute atomic E-state index is 0.132. The number of esters is 1. The fourth-order valence-corrected chi connectivity index (χ4v) is 1.54. The zero-order chi connectivity index (χ0) is 14.7. The first-order valence-electron chi connectivity index (χ1n) is 5.57. The third kappa shape index (κ3) is 2.82. The summed E-state index contributed by atoms with van der Waals surface area (Å²) in [6.45, 7) is 0. The minimum Gasteiger partial charge on any atom is -0.465 e. The fourth-order valence-electron chi connectivity index (χ4n) is 1.54. The van der Waals surface area contributed by atoms with Crippen molar-refractivity contribution in [3.05, 3.63) is 47.7 Å². The van der Waals surface area contributed by atoms with E-state index >= 15 is 0 Å². The van der Waals surface area contributed by atoms with Crippen LogP contribution in [0.3, 0.4) is 0 Å². The summed E-state index contributed by atoms with van der Waals surface area (Å²) in [7, 11) is 1.23. The van der Waals surface area contributed by atoms with Gasteiger partial charge in [-0.2, -0.15) is 0 Å². The standard InChI is InChI=1S/C13H11F2N3O2/c1-20-13(19)8-5-12(17-6-11(8)16)18-7-2-3-9(14)10(15)4-7/h2-6H,16H2,1H3,(H,17,18). The zero-order valence-corrected chi connectivity index (χ0v) is 10.5. The van der Waals surface area contributed by atoms with Crippen molar-refractivity contribution in [3.8, 4) is 0 Å². The first kappa shape index (κ1) is 13.7. The van der Waals surface area contributed by atoms with E-state index in [9.17, 15) is 13.6 Å². The van der Waals surface area contributed by atoms with Gasteiger partial charge in [0.2, 0.25) is 0 Å². The third-order valence-corrected chi connectivity index (χ3v) is 2.53. The molecule has 2 rings (SSSR count). The van der Waals surface area contributed by atoms with Crippen molar-refractivity contribution in [1.82, 2.24) is 4.98 Å². The van der Waals surface area contributed by atoms with Crippen LogP contribution < -0.4 is 11.1 Å². The van der Waals surface area contributed by atoms with E-state index < -0.39 is 17.6 Å². The monoisotopic (exact) mass is 279 g/mol. The van der Waals surface area contributed by atoms with Crippen molar-refractivity contribution in [2.24, 2.45) is 0 Å². The van der Waals surface area contributed by atoms with Crippen molar-refractivity contribution >= 4 is 23.2 Å². The maximum atomic E-state index is 13.1. The second-order valence-electron chi connectivity index (χ2n) is 3.90. The zero-order valence-electron chi connectivity index (χ0n) is 10.5. The molecule has 7 heteroatoms. The van der Waals surface area contributed by atoms with Crippen LogP contribution in [0.4, 0.5) is 26.0 Å². The van der Waals surface area contributed by atoms with Crippen molar-refractivity contribution in [2.45, 2.75) is 0 Å². The van der Waals surface area contributed by atoms with Gasteiger partial charge in [0.25, 0.3) is 0 Å². The maximum Gasteiger partial charge on any atom is 0.340 e. The van der Waals surface area contributed by atoms with E-state index in [1.165, 1.54) is 25.4 Å². The van der Waals surface area contributed by atoms with Gasteiger partial charge >= 0.3 is 5.97 Å². The van der Waals surface area contributed by atoms with Crippen LogP contribution in [0, 0.1) is 11.6 Å². The smallest absolute Gasteiger partial charge is 0.340 e. The van der Waals surface area contributed by atoms with Crippen LogP contribution in [0.5, 0.6) is 0 Å². The van der Waals surface area contributed by atoms with Gasteiger partial charge in [0.05, 0.1) is 24.6 Å². The van der Waals surface area contributed by atoms with E-state index in [-0.39, 0.29) is 22.8 Å². The predicted octanol–water partition coefficient (Wildman–Crippen LogP) is 2.47. The second kappa shape index (κ2) is 5.52. The molecule has 0 saturated carbocycles. The molecule has 1 aromatic carbocycles. The lowest BCUT2D eigenvalue weighted by molar-refractivity contribution is 0.0602. The second-order valence-corrected chi connectivity index (χ2v) is 3.90. The summed E-state index contributed by atoms with van der Waals surface area (Å²) in [5.74, 6) is -2.29. The molecule has 0 radical (unpaired) electrons. The first-order valence-corrected chi connectivity index (χ1v) is 5.57. The average Bonchev–Trinajstić information content (AvgIpc) is 2.44. The van der Waals surface area contributed by atoms with Gasteiger partial charge in [0.1, 0.15) is 5.82 Å². The molecule has 20 heavy (non-hydrogen) atoms. The molecule has 0 fully saturated rings. The molecule has 0 saturated heterocycles. The van der Waals surface area contributed by atoms with Gasteiger partial charge in [-0.25, -0.2) is 18.6 Å². The SMILES string of the molecule is COC(=O)c1cc(Nc2ccc(F)c(F)c2)ncc1N. The van der Waals surface area contributed by atoms with Gasteiger partial charge in [-0.3, -0.25) is 0 Å². The van der Waals surface area contributed by atoms with Crippen molar-refractivity contribution in [3.63, 3.8) is 0 Å². The molecule has 0 bridgehead atoms. The number of hydrogen-bond acceptors (Lipinski definition) is 5. The lowest BCUT2D eigenvalue weighted by Gasteiger charge is -2.09. The Morgan fingerprint density at radius 1 is 1.30 bits per heavy atom. The van der Waals surface area contributed by atoms with Crippen LogP contribution in [0.2, 0.25) is 0 Å². The van der Waals surface area contributed by atoms with E-state index in [2.05, 4.69) is 15.0 Å². The Hall–Kier alpha value is -2.70. The molecular formula is C13H11F2N3O2. The molecule has 0 aliphatic carbocycles. The number of nitrogens with zero attached hydrogens (tertiary/aromatic N) is 1. The molecule has 0 aliphatic rings. The topological polar surface area (TPSA) is 77.2 Å². The largest absolute Gasteiger partial charge is 0.465 e. The highest BCUT2D eigenvalue weighted by atomic mass is 19.2. The first-order chi connectivity index (χ1) is 9.51. The number of nitrogens with two attached hydrogens (primary N) is 1. The van der Waals surface area contributed by atoms with Gasteiger partial charge in [-0.05, 0) is 18.2 Å². The minimum atomic E-state index is -0.987. The molecule has 2 aromatic rings. The van der Waals surface area contributed by atoms with Crippen LogP contribution in [0.25, 0.3) is 0 Å². The molecule has 1 aromatic heterocycles. The molecular weight excluding hydrogens is 268 g/mol. The summed E-state index contributed by atoms with van der Waals surface area (Å²) in [6.07, 6.45) is 1.27. The Bertz CT molecular complexity index is 662. The molecule has 0 spiro atoms. The number of carbonyl (C=O) groups is 1. The van der Waals surface area contributed by atoms with E-state index in [1.807, 2.05) is 0 Å². The summed E-state index contributed by atoms with van der Waals surface area (Å²) < 4.78 is 30.5. The van der Waals surface area contributed by atoms with Crippen molar-refractivity contribution in [2.75, 3.05) is 18.2 Å². The molecule has 0 atom stereocenters. The lowest BCUT2D eigenvalue weighted by atomic mass is 10.2.